The molecule has 2 amide bonds. The molecule has 0 atom stereocenters. The molecule has 4 rings (SSSR count). The zero-order valence-electron chi connectivity index (χ0n) is 19.3. The van der Waals surface area contributed by atoms with Gasteiger partial charge in [0.25, 0.3) is 0 Å². The molecule has 2 aliphatic rings. The number of aromatic hydroxyl groups is 1. The lowest BCUT2D eigenvalue weighted by Crippen LogP contribution is -2.51. The van der Waals surface area contributed by atoms with Crippen molar-refractivity contribution < 1.29 is 19.1 Å². The first kappa shape index (κ1) is 23.3. The minimum atomic E-state index is -0.463. The first-order valence-electron chi connectivity index (χ1n) is 12.0. The van der Waals surface area contributed by atoms with E-state index in [9.17, 15) is 19.5 Å². The summed E-state index contributed by atoms with van der Waals surface area (Å²) in [7, 11) is 0. The molecule has 0 saturated carbocycles. The highest BCUT2D eigenvalue weighted by molar-refractivity contribution is 5.83. The van der Waals surface area contributed by atoms with Crippen LogP contribution in [0, 0.1) is 6.92 Å². The Morgan fingerprint density at radius 1 is 0.939 bits per heavy atom. The van der Waals surface area contributed by atoms with Gasteiger partial charge in [-0.1, -0.05) is 12.8 Å². The van der Waals surface area contributed by atoms with Crippen LogP contribution in [0.15, 0.2) is 27.4 Å². The van der Waals surface area contributed by atoms with Crippen LogP contribution in [0.25, 0.3) is 11.0 Å². The highest BCUT2D eigenvalue weighted by atomic mass is 16.4. The Labute approximate surface area is 193 Å². The van der Waals surface area contributed by atoms with Crippen LogP contribution in [-0.2, 0) is 16.0 Å². The number of hydrogen-bond acceptors (Lipinski definition) is 6. The van der Waals surface area contributed by atoms with Gasteiger partial charge in [-0.05, 0) is 43.9 Å². The van der Waals surface area contributed by atoms with Crippen LogP contribution in [0.3, 0.4) is 0 Å². The number of piperazine rings is 1. The summed E-state index contributed by atoms with van der Waals surface area (Å²) in [5.74, 6) is 0.252. The van der Waals surface area contributed by atoms with Crippen molar-refractivity contribution in [3.8, 4) is 5.75 Å². The van der Waals surface area contributed by atoms with Gasteiger partial charge in [0.1, 0.15) is 11.3 Å². The monoisotopic (exact) mass is 455 g/mol. The van der Waals surface area contributed by atoms with Gasteiger partial charge in [0.05, 0.1) is 6.54 Å². The van der Waals surface area contributed by atoms with E-state index in [1.165, 1.54) is 18.9 Å². The number of amides is 2. The highest BCUT2D eigenvalue weighted by Crippen LogP contribution is 2.24. The number of nitrogens with zero attached hydrogens (tertiary/aromatic N) is 3. The Balaban J connectivity index is 1.29. The summed E-state index contributed by atoms with van der Waals surface area (Å²) in [4.78, 5) is 43.8. The van der Waals surface area contributed by atoms with Gasteiger partial charge in [-0.15, -0.1) is 0 Å². The van der Waals surface area contributed by atoms with Gasteiger partial charge in [-0.2, -0.15) is 0 Å². The maximum absolute atomic E-state index is 12.8. The minimum Gasteiger partial charge on any atom is -0.508 e. The molecule has 33 heavy (non-hydrogen) atoms. The fourth-order valence-electron chi connectivity index (χ4n) is 4.83. The lowest BCUT2D eigenvalue weighted by molar-refractivity contribution is -0.135. The highest BCUT2D eigenvalue weighted by Gasteiger charge is 2.25. The summed E-state index contributed by atoms with van der Waals surface area (Å²) < 4.78 is 5.36. The number of benzene rings is 1. The van der Waals surface area contributed by atoms with Gasteiger partial charge in [0.15, 0.2) is 0 Å². The fraction of sp³-hybridized carbons (Fsp3) is 0.560. The Kier molecular flexibility index (Phi) is 7.33. The number of phenols is 1. The summed E-state index contributed by atoms with van der Waals surface area (Å²) >= 11 is 0. The maximum atomic E-state index is 12.8. The molecular weight excluding hydrogens is 422 g/mol. The van der Waals surface area contributed by atoms with Gasteiger partial charge in [0.2, 0.25) is 11.8 Å². The van der Waals surface area contributed by atoms with E-state index in [-0.39, 0.29) is 24.0 Å². The van der Waals surface area contributed by atoms with Crippen molar-refractivity contribution >= 4 is 22.8 Å². The number of phenolic OH excluding ortho intramolecular Hbond substituents is 1. The summed E-state index contributed by atoms with van der Waals surface area (Å²) in [5.41, 5.74) is 1.17. The van der Waals surface area contributed by atoms with E-state index in [0.717, 1.165) is 36.9 Å². The second-order valence-corrected chi connectivity index (χ2v) is 9.13. The normalized spacial score (nSPS) is 17.8. The van der Waals surface area contributed by atoms with Crippen molar-refractivity contribution in [3.05, 3.63) is 39.7 Å². The average molecular weight is 456 g/mol. The van der Waals surface area contributed by atoms with Gasteiger partial charge in [0, 0.05) is 62.7 Å². The van der Waals surface area contributed by atoms with Gasteiger partial charge in [-0.25, -0.2) is 4.79 Å². The van der Waals surface area contributed by atoms with Crippen molar-refractivity contribution in [1.82, 2.24) is 14.7 Å². The summed E-state index contributed by atoms with van der Waals surface area (Å²) in [6.45, 7) is 6.55. The maximum Gasteiger partial charge on any atom is 0.339 e. The number of carbonyl (C=O) groups excluding carboxylic acids is 2. The number of carbonyl (C=O) groups is 2. The van der Waals surface area contributed by atoms with Gasteiger partial charge < -0.3 is 19.3 Å². The number of likely N-dealkylation sites (tertiary alicyclic amines) is 1. The molecule has 0 radical (unpaired) electrons. The molecule has 8 nitrogen and oxygen atoms in total. The molecule has 0 bridgehead atoms. The second kappa shape index (κ2) is 10.4. The molecule has 2 aromatic rings. The van der Waals surface area contributed by atoms with Crippen molar-refractivity contribution in [2.45, 2.75) is 45.4 Å². The van der Waals surface area contributed by atoms with Crippen LogP contribution in [-0.4, -0.2) is 77.4 Å². The van der Waals surface area contributed by atoms with E-state index in [1.54, 1.807) is 12.1 Å². The molecule has 0 aliphatic carbocycles. The fourth-order valence-corrected chi connectivity index (χ4v) is 4.83. The molecule has 3 heterocycles. The van der Waals surface area contributed by atoms with E-state index in [4.69, 9.17) is 4.42 Å². The zero-order chi connectivity index (χ0) is 23.4. The summed E-state index contributed by atoms with van der Waals surface area (Å²) in [6.07, 6.45) is 5.14. The van der Waals surface area contributed by atoms with Crippen LogP contribution in [0.2, 0.25) is 0 Å². The number of hydrogen-bond donors (Lipinski definition) is 1. The molecule has 0 spiro atoms. The standard InChI is InChI=1S/C25H33N3O5/c1-18-20-7-6-19(29)16-22(20)33-25(32)21(18)8-9-23(30)28-14-12-26(13-15-28)17-24(31)27-10-4-2-3-5-11-27/h6-7,16,29H,2-5,8-15,17H2,1H3. The van der Waals surface area contributed by atoms with E-state index in [0.29, 0.717) is 50.3 Å². The number of aryl methyl sites for hydroxylation is 1. The molecule has 2 fully saturated rings. The molecule has 1 aromatic heterocycles. The van der Waals surface area contributed by atoms with Gasteiger partial charge in [-0.3, -0.25) is 14.5 Å². The largest absolute Gasteiger partial charge is 0.508 e. The number of rotatable bonds is 5. The predicted octanol–water partition coefficient (Wildman–Crippen LogP) is 2.29. The molecule has 2 saturated heterocycles. The molecule has 1 N–H and O–H groups in total. The third kappa shape index (κ3) is 5.55. The van der Waals surface area contributed by atoms with Crippen molar-refractivity contribution in [2.24, 2.45) is 0 Å². The molecule has 8 heteroatoms. The Hall–Kier alpha value is -2.87. The third-order valence-corrected chi connectivity index (χ3v) is 6.90. The molecular formula is C25H33N3O5. The smallest absolute Gasteiger partial charge is 0.339 e. The van der Waals surface area contributed by atoms with Gasteiger partial charge >= 0.3 is 5.63 Å². The third-order valence-electron chi connectivity index (χ3n) is 6.90. The molecule has 0 unspecified atom stereocenters. The quantitative estimate of drug-likeness (QED) is 0.696. The Morgan fingerprint density at radius 3 is 2.30 bits per heavy atom. The number of fused-ring (bicyclic) bond motifs is 1. The lowest BCUT2D eigenvalue weighted by Gasteiger charge is -2.35. The first-order chi connectivity index (χ1) is 15.9. The van der Waals surface area contributed by atoms with Crippen LogP contribution in [0.4, 0.5) is 0 Å². The van der Waals surface area contributed by atoms with Crippen LogP contribution < -0.4 is 5.63 Å². The summed E-state index contributed by atoms with van der Waals surface area (Å²) in [6, 6.07) is 4.71. The van der Waals surface area contributed by atoms with E-state index < -0.39 is 5.63 Å². The second-order valence-electron chi connectivity index (χ2n) is 9.13. The lowest BCUT2D eigenvalue weighted by atomic mass is 10.0. The van der Waals surface area contributed by atoms with Crippen LogP contribution >= 0.6 is 0 Å². The molecule has 1 aromatic carbocycles. The minimum absolute atomic E-state index is 0.0121. The topological polar surface area (TPSA) is 94.3 Å². The Bertz CT molecular complexity index is 1060. The average Bonchev–Trinajstić information content (AvgIpc) is 3.09. The summed E-state index contributed by atoms with van der Waals surface area (Å²) in [5, 5.41) is 10.4. The van der Waals surface area contributed by atoms with Crippen molar-refractivity contribution in [2.75, 3.05) is 45.8 Å². The van der Waals surface area contributed by atoms with Crippen molar-refractivity contribution in [1.29, 1.82) is 0 Å². The predicted molar refractivity (Wildman–Crippen MR) is 125 cm³/mol. The first-order valence-corrected chi connectivity index (χ1v) is 12.0. The van der Waals surface area contributed by atoms with E-state index >= 15 is 0 Å². The van der Waals surface area contributed by atoms with Crippen molar-refractivity contribution in [3.63, 3.8) is 0 Å². The van der Waals surface area contributed by atoms with E-state index in [2.05, 4.69) is 4.90 Å². The SMILES string of the molecule is Cc1c(CCC(=O)N2CCN(CC(=O)N3CCCCCC3)CC2)c(=O)oc2cc(O)ccc12. The van der Waals surface area contributed by atoms with Crippen LogP contribution in [0.5, 0.6) is 5.75 Å². The Morgan fingerprint density at radius 2 is 1.61 bits per heavy atom. The van der Waals surface area contributed by atoms with Crippen LogP contribution in [0.1, 0.15) is 43.2 Å². The zero-order valence-corrected chi connectivity index (χ0v) is 19.3. The molecule has 178 valence electrons. The van der Waals surface area contributed by atoms with E-state index in [1.807, 2.05) is 16.7 Å². The molecule has 2 aliphatic heterocycles.